The molecule has 0 spiro atoms. The molecule has 0 aromatic heterocycles. The van der Waals surface area contributed by atoms with Crippen LogP contribution in [0.2, 0.25) is 0 Å². The summed E-state index contributed by atoms with van der Waals surface area (Å²) in [4.78, 5) is 24.7. The van der Waals surface area contributed by atoms with Crippen LogP contribution in [-0.2, 0) is 22.6 Å². The minimum Gasteiger partial charge on any atom is -0.493 e. The van der Waals surface area contributed by atoms with E-state index in [1.807, 2.05) is 32.0 Å². The van der Waals surface area contributed by atoms with Crippen LogP contribution in [-0.4, -0.2) is 52.4 Å². The van der Waals surface area contributed by atoms with Crippen molar-refractivity contribution in [3.8, 4) is 5.75 Å². The summed E-state index contributed by atoms with van der Waals surface area (Å²) >= 11 is 0. The summed E-state index contributed by atoms with van der Waals surface area (Å²) in [5.41, 5.74) is 13.0. The molecule has 0 radical (unpaired) electrons. The molecule has 0 aliphatic heterocycles. The van der Waals surface area contributed by atoms with Crippen LogP contribution in [0.4, 0.5) is 0 Å². The number of ketones is 1. The number of aliphatic hydroxyl groups excluding tert-OH is 3. The molecule has 8 heteroatoms. The number of hydrogen-bond donors (Lipinski definition) is 5. The Bertz CT molecular complexity index is 886. The van der Waals surface area contributed by atoms with Gasteiger partial charge in [0.15, 0.2) is 0 Å². The van der Waals surface area contributed by atoms with Crippen LogP contribution < -0.4 is 16.2 Å². The zero-order valence-corrected chi connectivity index (χ0v) is 25.0. The Morgan fingerprint density at radius 1 is 1.03 bits per heavy atom. The second kappa shape index (κ2) is 17.0. The SMILES string of the molecule is CC(C)C(Cc1ccc(CO)c(OCCCCO)c1)CC(N)C(O)CC(C(=O)CCC(C)(C)C(N)=O)C(C)C. The zero-order valence-electron chi connectivity index (χ0n) is 25.0. The van der Waals surface area contributed by atoms with Gasteiger partial charge in [-0.25, -0.2) is 0 Å². The summed E-state index contributed by atoms with van der Waals surface area (Å²) in [6, 6.07) is 5.34. The van der Waals surface area contributed by atoms with Crippen molar-refractivity contribution in [2.75, 3.05) is 13.2 Å². The predicted octanol–water partition coefficient (Wildman–Crippen LogP) is 3.75. The van der Waals surface area contributed by atoms with Crippen LogP contribution in [0.1, 0.15) is 91.2 Å². The second-order valence-electron chi connectivity index (χ2n) is 12.4. The van der Waals surface area contributed by atoms with Gasteiger partial charge in [0.2, 0.25) is 5.91 Å². The van der Waals surface area contributed by atoms with Crippen molar-refractivity contribution in [3.63, 3.8) is 0 Å². The first-order chi connectivity index (χ1) is 18.2. The molecule has 0 fully saturated rings. The second-order valence-corrected chi connectivity index (χ2v) is 12.4. The van der Waals surface area contributed by atoms with E-state index in [1.165, 1.54) is 0 Å². The molecule has 4 unspecified atom stereocenters. The molecule has 0 aliphatic rings. The van der Waals surface area contributed by atoms with Crippen molar-refractivity contribution in [2.24, 2.45) is 40.6 Å². The quantitative estimate of drug-likeness (QED) is 0.155. The third-order valence-electron chi connectivity index (χ3n) is 8.00. The molecule has 1 aromatic rings. The van der Waals surface area contributed by atoms with E-state index in [4.69, 9.17) is 21.3 Å². The number of carbonyl (C=O) groups is 2. The highest BCUT2D eigenvalue weighted by molar-refractivity contribution is 5.84. The highest BCUT2D eigenvalue weighted by atomic mass is 16.5. The van der Waals surface area contributed by atoms with Crippen molar-refractivity contribution in [2.45, 2.75) is 105 Å². The Labute approximate surface area is 235 Å². The molecule has 7 N–H and O–H groups in total. The van der Waals surface area contributed by atoms with E-state index in [-0.39, 0.29) is 49.6 Å². The minimum absolute atomic E-state index is 0.0291. The number of benzene rings is 1. The van der Waals surface area contributed by atoms with Crippen LogP contribution in [0, 0.1) is 29.1 Å². The Morgan fingerprint density at radius 2 is 1.69 bits per heavy atom. The number of amides is 1. The highest BCUT2D eigenvalue weighted by Crippen LogP contribution is 2.30. The van der Waals surface area contributed by atoms with Crippen LogP contribution >= 0.6 is 0 Å². The number of carbonyl (C=O) groups excluding carboxylic acids is 2. The summed E-state index contributed by atoms with van der Waals surface area (Å²) in [6.07, 6.45) is 2.82. The molecular formula is C31H54N2O6. The lowest BCUT2D eigenvalue weighted by molar-refractivity contribution is -0.128. The van der Waals surface area contributed by atoms with Gasteiger partial charge >= 0.3 is 0 Å². The molecule has 1 aromatic carbocycles. The van der Waals surface area contributed by atoms with Crippen molar-refractivity contribution in [3.05, 3.63) is 29.3 Å². The van der Waals surface area contributed by atoms with E-state index in [1.54, 1.807) is 13.8 Å². The standard InChI is InChI=1S/C31H54N2O6/c1-20(2)24(15-22-9-10-23(19-35)29(16-22)39-14-8-7-13-34)17-26(32)28(37)18-25(21(3)4)27(36)11-12-31(5,6)30(33)38/h9-10,16,20-21,24-26,28,34-35,37H,7-8,11-15,17-19,32H2,1-6H3,(H2,33,38). The maximum atomic E-state index is 13.0. The topological polar surface area (TPSA) is 156 Å². The number of aliphatic hydroxyl groups is 3. The first-order valence-corrected chi connectivity index (χ1v) is 14.5. The number of Topliss-reactive ketones (excluding diaryl/α,β-unsaturated/α-hetero) is 1. The summed E-state index contributed by atoms with van der Waals surface area (Å²) < 4.78 is 5.88. The van der Waals surface area contributed by atoms with Crippen molar-refractivity contribution < 1.29 is 29.6 Å². The molecule has 0 heterocycles. The molecule has 224 valence electrons. The molecule has 1 amide bonds. The minimum atomic E-state index is -0.825. The van der Waals surface area contributed by atoms with Gasteiger partial charge in [0.1, 0.15) is 11.5 Å². The van der Waals surface area contributed by atoms with Gasteiger partial charge in [0, 0.05) is 36.0 Å². The molecule has 1 rings (SSSR count). The fourth-order valence-corrected chi connectivity index (χ4v) is 4.74. The highest BCUT2D eigenvalue weighted by Gasteiger charge is 2.32. The van der Waals surface area contributed by atoms with E-state index < -0.39 is 23.5 Å². The average Bonchev–Trinajstić information content (AvgIpc) is 2.87. The Hall–Kier alpha value is -2.00. The third-order valence-corrected chi connectivity index (χ3v) is 8.00. The fourth-order valence-electron chi connectivity index (χ4n) is 4.74. The molecular weight excluding hydrogens is 496 g/mol. The summed E-state index contributed by atoms with van der Waals surface area (Å²) in [5, 5.41) is 29.7. The van der Waals surface area contributed by atoms with Crippen LogP contribution in [0.3, 0.4) is 0 Å². The summed E-state index contributed by atoms with van der Waals surface area (Å²) in [7, 11) is 0. The molecule has 0 saturated heterocycles. The number of nitrogens with two attached hydrogens (primary N) is 2. The van der Waals surface area contributed by atoms with Gasteiger partial charge in [-0.1, -0.05) is 53.7 Å². The Balaban J connectivity index is 2.87. The molecule has 0 aliphatic carbocycles. The van der Waals surface area contributed by atoms with Crippen LogP contribution in [0.15, 0.2) is 18.2 Å². The number of ether oxygens (including phenoxy) is 1. The first kappa shape index (κ1) is 35.0. The van der Waals surface area contributed by atoms with Crippen LogP contribution in [0.25, 0.3) is 0 Å². The average molecular weight is 551 g/mol. The lowest BCUT2D eigenvalue weighted by Gasteiger charge is -2.30. The van der Waals surface area contributed by atoms with Gasteiger partial charge in [0.25, 0.3) is 0 Å². The maximum Gasteiger partial charge on any atom is 0.223 e. The third kappa shape index (κ3) is 12.0. The molecule has 4 atom stereocenters. The van der Waals surface area contributed by atoms with Gasteiger partial charge in [-0.15, -0.1) is 0 Å². The molecule has 0 bridgehead atoms. The first-order valence-electron chi connectivity index (χ1n) is 14.5. The van der Waals surface area contributed by atoms with Gasteiger partial charge in [-0.2, -0.15) is 0 Å². The molecule has 39 heavy (non-hydrogen) atoms. The van der Waals surface area contributed by atoms with E-state index in [0.29, 0.717) is 37.5 Å². The van der Waals surface area contributed by atoms with Crippen molar-refractivity contribution in [1.29, 1.82) is 0 Å². The maximum absolute atomic E-state index is 13.0. The van der Waals surface area contributed by atoms with Gasteiger partial charge in [-0.05, 0) is 67.9 Å². The summed E-state index contributed by atoms with van der Waals surface area (Å²) in [6.45, 7) is 12.2. The van der Waals surface area contributed by atoms with E-state index in [0.717, 1.165) is 24.0 Å². The van der Waals surface area contributed by atoms with Crippen molar-refractivity contribution >= 4 is 11.7 Å². The van der Waals surface area contributed by atoms with Gasteiger partial charge in [0.05, 0.1) is 19.3 Å². The predicted molar refractivity (Wildman–Crippen MR) is 155 cm³/mol. The van der Waals surface area contributed by atoms with E-state index in [9.17, 15) is 19.8 Å². The van der Waals surface area contributed by atoms with E-state index in [2.05, 4.69) is 13.8 Å². The van der Waals surface area contributed by atoms with Crippen molar-refractivity contribution in [1.82, 2.24) is 0 Å². The lowest BCUT2D eigenvalue weighted by Crippen LogP contribution is -2.41. The molecule has 0 saturated carbocycles. The number of unbranched alkanes of at least 4 members (excludes halogenated alkanes) is 1. The van der Waals surface area contributed by atoms with Gasteiger partial charge in [-0.3, -0.25) is 9.59 Å². The fraction of sp³-hybridized carbons (Fsp3) is 0.742. The lowest BCUT2D eigenvalue weighted by atomic mass is 9.78. The molecule has 8 nitrogen and oxygen atoms in total. The van der Waals surface area contributed by atoms with Gasteiger partial charge < -0.3 is 31.5 Å². The summed E-state index contributed by atoms with van der Waals surface area (Å²) in [5.74, 6) is 0.458. The van der Waals surface area contributed by atoms with Crippen LogP contribution in [0.5, 0.6) is 5.75 Å². The largest absolute Gasteiger partial charge is 0.493 e. The normalized spacial score (nSPS) is 15.3. The number of hydrogen-bond acceptors (Lipinski definition) is 7. The number of rotatable bonds is 20. The zero-order chi connectivity index (χ0) is 29.8. The number of primary amides is 1. The van der Waals surface area contributed by atoms with E-state index >= 15 is 0 Å². The smallest absolute Gasteiger partial charge is 0.223 e. The Morgan fingerprint density at radius 3 is 2.23 bits per heavy atom. The Kier molecular flexibility index (Phi) is 15.2. The monoisotopic (exact) mass is 550 g/mol.